The SMILES string of the molecule is Cc1n[nH]c(C)c1NC(C)CC1CCCCCN1. The Morgan fingerprint density at radius 1 is 1.33 bits per heavy atom. The van der Waals surface area contributed by atoms with Crippen LogP contribution in [0.1, 0.15) is 50.4 Å². The van der Waals surface area contributed by atoms with Crippen molar-refractivity contribution in [1.29, 1.82) is 0 Å². The third-order valence-electron chi connectivity index (χ3n) is 3.82. The van der Waals surface area contributed by atoms with Crippen molar-refractivity contribution in [3.8, 4) is 0 Å². The van der Waals surface area contributed by atoms with Gasteiger partial charge in [0, 0.05) is 12.1 Å². The summed E-state index contributed by atoms with van der Waals surface area (Å²) in [7, 11) is 0. The minimum atomic E-state index is 0.482. The van der Waals surface area contributed by atoms with Crippen LogP contribution in [0.3, 0.4) is 0 Å². The lowest BCUT2D eigenvalue weighted by atomic mass is 10.0. The zero-order chi connectivity index (χ0) is 13.0. The Morgan fingerprint density at radius 3 is 2.89 bits per heavy atom. The maximum Gasteiger partial charge on any atom is 0.0825 e. The van der Waals surface area contributed by atoms with Crippen LogP contribution in [0.4, 0.5) is 5.69 Å². The zero-order valence-corrected chi connectivity index (χ0v) is 11.8. The number of nitrogens with one attached hydrogen (secondary N) is 3. The van der Waals surface area contributed by atoms with Crippen molar-refractivity contribution in [2.24, 2.45) is 0 Å². The molecule has 2 atom stereocenters. The minimum Gasteiger partial charge on any atom is -0.380 e. The minimum absolute atomic E-state index is 0.482. The molecule has 4 heteroatoms. The van der Waals surface area contributed by atoms with Gasteiger partial charge in [0.1, 0.15) is 0 Å². The number of aromatic amines is 1. The van der Waals surface area contributed by atoms with Gasteiger partial charge < -0.3 is 10.6 Å². The van der Waals surface area contributed by atoms with E-state index in [1.807, 2.05) is 6.92 Å². The van der Waals surface area contributed by atoms with Gasteiger partial charge >= 0.3 is 0 Å². The number of H-pyrrole nitrogens is 1. The molecule has 1 aromatic rings. The maximum absolute atomic E-state index is 4.23. The summed E-state index contributed by atoms with van der Waals surface area (Å²) in [5.41, 5.74) is 3.37. The smallest absolute Gasteiger partial charge is 0.0825 e. The van der Waals surface area contributed by atoms with Crippen LogP contribution >= 0.6 is 0 Å². The third-order valence-corrected chi connectivity index (χ3v) is 3.82. The fourth-order valence-corrected chi connectivity index (χ4v) is 2.80. The van der Waals surface area contributed by atoms with Gasteiger partial charge in [0.2, 0.25) is 0 Å². The summed E-state index contributed by atoms with van der Waals surface area (Å²) in [4.78, 5) is 0. The quantitative estimate of drug-likeness (QED) is 0.770. The van der Waals surface area contributed by atoms with Crippen molar-refractivity contribution in [1.82, 2.24) is 15.5 Å². The van der Waals surface area contributed by atoms with E-state index >= 15 is 0 Å². The van der Waals surface area contributed by atoms with Crippen LogP contribution in [0.15, 0.2) is 0 Å². The molecule has 1 aliphatic rings. The molecule has 1 aliphatic heterocycles. The lowest BCUT2D eigenvalue weighted by Crippen LogP contribution is -2.33. The molecule has 1 aromatic heterocycles. The molecule has 0 radical (unpaired) electrons. The predicted molar refractivity (Wildman–Crippen MR) is 76.0 cm³/mol. The highest BCUT2D eigenvalue weighted by atomic mass is 15.2. The molecular weight excluding hydrogens is 224 g/mol. The summed E-state index contributed by atoms with van der Waals surface area (Å²) in [5.74, 6) is 0. The van der Waals surface area contributed by atoms with Gasteiger partial charge in [0.05, 0.1) is 17.1 Å². The van der Waals surface area contributed by atoms with Gasteiger partial charge in [-0.25, -0.2) is 0 Å². The molecule has 4 nitrogen and oxygen atoms in total. The molecule has 1 fully saturated rings. The lowest BCUT2D eigenvalue weighted by molar-refractivity contribution is 0.456. The Labute approximate surface area is 110 Å². The molecule has 0 aliphatic carbocycles. The Balaban J connectivity index is 1.86. The zero-order valence-electron chi connectivity index (χ0n) is 11.8. The normalized spacial score (nSPS) is 22.5. The van der Waals surface area contributed by atoms with E-state index in [4.69, 9.17) is 0 Å². The summed E-state index contributed by atoms with van der Waals surface area (Å²) in [6.07, 6.45) is 6.58. The summed E-state index contributed by atoms with van der Waals surface area (Å²) >= 11 is 0. The van der Waals surface area contributed by atoms with E-state index in [9.17, 15) is 0 Å². The first-order chi connectivity index (χ1) is 8.66. The van der Waals surface area contributed by atoms with E-state index in [1.165, 1.54) is 44.3 Å². The van der Waals surface area contributed by atoms with Crippen molar-refractivity contribution in [3.05, 3.63) is 11.4 Å². The van der Waals surface area contributed by atoms with E-state index in [-0.39, 0.29) is 0 Å². The number of aryl methyl sites for hydroxylation is 2. The van der Waals surface area contributed by atoms with E-state index < -0.39 is 0 Å². The van der Waals surface area contributed by atoms with Gasteiger partial charge in [-0.15, -0.1) is 0 Å². The molecule has 0 aromatic carbocycles. The van der Waals surface area contributed by atoms with Crippen LogP contribution in [-0.2, 0) is 0 Å². The average molecular weight is 250 g/mol. The lowest BCUT2D eigenvalue weighted by Gasteiger charge is -2.22. The number of hydrogen-bond acceptors (Lipinski definition) is 3. The molecule has 0 bridgehead atoms. The van der Waals surface area contributed by atoms with Crippen molar-refractivity contribution < 1.29 is 0 Å². The summed E-state index contributed by atoms with van der Waals surface area (Å²) in [5, 5.41) is 14.5. The van der Waals surface area contributed by atoms with Crippen LogP contribution < -0.4 is 10.6 Å². The summed E-state index contributed by atoms with van der Waals surface area (Å²) in [6, 6.07) is 1.15. The first-order valence-corrected chi connectivity index (χ1v) is 7.18. The Kier molecular flexibility index (Phi) is 4.64. The molecule has 0 spiro atoms. The molecule has 102 valence electrons. The first-order valence-electron chi connectivity index (χ1n) is 7.18. The monoisotopic (exact) mass is 250 g/mol. The number of rotatable bonds is 4. The molecule has 2 rings (SSSR count). The molecule has 2 unspecified atom stereocenters. The van der Waals surface area contributed by atoms with Crippen LogP contribution in [0, 0.1) is 13.8 Å². The number of hydrogen-bond donors (Lipinski definition) is 3. The first kappa shape index (κ1) is 13.4. The second kappa shape index (κ2) is 6.23. The fraction of sp³-hybridized carbons (Fsp3) is 0.786. The van der Waals surface area contributed by atoms with Gasteiger partial charge in [0.25, 0.3) is 0 Å². The highest BCUT2D eigenvalue weighted by Crippen LogP contribution is 2.20. The molecule has 3 N–H and O–H groups in total. The predicted octanol–water partition coefficient (Wildman–Crippen LogP) is 2.75. The number of anilines is 1. The average Bonchev–Trinajstić information content (AvgIpc) is 2.59. The van der Waals surface area contributed by atoms with Crippen molar-refractivity contribution in [3.63, 3.8) is 0 Å². The van der Waals surface area contributed by atoms with E-state index in [0.717, 1.165) is 11.4 Å². The van der Waals surface area contributed by atoms with Crippen molar-refractivity contribution >= 4 is 5.69 Å². The topological polar surface area (TPSA) is 52.7 Å². The van der Waals surface area contributed by atoms with Gasteiger partial charge in [-0.1, -0.05) is 12.8 Å². The van der Waals surface area contributed by atoms with Crippen molar-refractivity contribution in [2.75, 3.05) is 11.9 Å². The maximum atomic E-state index is 4.23. The summed E-state index contributed by atoms with van der Waals surface area (Å²) < 4.78 is 0. The molecule has 1 saturated heterocycles. The highest BCUT2D eigenvalue weighted by Gasteiger charge is 2.16. The largest absolute Gasteiger partial charge is 0.380 e. The van der Waals surface area contributed by atoms with Crippen molar-refractivity contribution in [2.45, 2.75) is 65.0 Å². The highest BCUT2D eigenvalue weighted by molar-refractivity contribution is 5.51. The molecule has 2 heterocycles. The van der Waals surface area contributed by atoms with Gasteiger partial charge in [0.15, 0.2) is 0 Å². The van der Waals surface area contributed by atoms with E-state index in [0.29, 0.717) is 12.1 Å². The number of aromatic nitrogens is 2. The van der Waals surface area contributed by atoms with Crippen LogP contribution in [0.2, 0.25) is 0 Å². The Bertz CT molecular complexity index is 344. The Hall–Kier alpha value is -1.03. The molecular formula is C14H26N4. The van der Waals surface area contributed by atoms with E-state index in [2.05, 4.69) is 34.7 Å². The van der Waals surface area contributed by atoms with E-state index in [1.54, 1.807) is 0 Å². The Morgan fingerprint density at radius 2 is 2.17 bits per heavy atom. The molecule has 0 amide bonds. The molecule has 18 heavy (non-hydrogen) atoms. The van der Waals surface area contributed by atoms with Crippen LogP contribution in [0.25, 0.3) is 0 Å². The second-order valence-corrected chi connectivity index (χ2v) is 5.59. The van der Waals surface area contributed by atoms with Gasteiger partial charge in [-0.2, -0.15) is 5.10 Å². The fourth-order valence-electron chi connectivity index (χ4n) is 2.80. The molecule has 0 saturated carbocycles. The van der Waals surface area contributed by atoms with Gasteiger partial charge in [-0.3, -0.25) is 5.10 Å². The van der Waals surface area contributed by atoms with Crippen LogP contribution in [-0.4, -0.2) is 28.8 Å². The van der Waals surface area contributed by atoms with Gasteiger partial charge in [-0.05, 0) is 46.6 Å². The third kappa shape index (κ3) is 3.48. The summed E-state index contributed by atoms with van der Waals surface area (Å²) in [6.45, 7) is 7.56. The number of nitrogens with zero attached hydrogens (tertiary/aromatic N) is 1. The standard InChI is InChI=1S/C14H26N4/c1-10(9-13-7-5-4-6-8-15-13)16-14-11(2)17-18-12(14)3/h10,13,15-16H,4-9H2,1-3H3,(H,17,18). The van der Waals surface area contributed by atoms with Crippen LogP contribution in [0.5, 0.6) is 0 Å². The second-order valence-electron chi connectivity index (χ2n) is 5.59.